The Morgan fingerprint density at radius 1 is 0.727 bits per heavy atom. The standard InChI is InChI=1S/C17H19NO4/c1-19-14-7-5-13(6-8-14)18-11-12-9-16(21-3)17(22-4)10-15(12)20-2/h5-11H,1-4H3. The third kappa shape index (κ3) is 3.49. The molecule has 5 nitrogen and oxygen atoms in total. The number of benzene rings is 2. The first-order valence-corrected chi connectivity index (χ1v) is 6.70. The highest BCUT2D eigenvalue weighted by molar-refractivity contribution is 5.87. The first-order chi connectivity index (χ1) is 10.7. The summed E-state index contributed by atoms with van der Waals surface area (Å²) in [5.41, 5.74) is 1.62. The van der Waals surface area contributed by atoms with Crippen molar-refractivity contribution in [2.24, 2.45) is 4.99 Å². The number of methoxy groups -OCH3 is 4. The van der Waals surface area contributed by atoms with Crippen molar-refractivity contribution in [3.05, 3.63) is 42.0 Å². The summed E-state index contributed by atoms with van der Waals surface area (Å²) in [7, 11) is 6.41. The predicted octanol–water partition coefficient (Wildman–Crippen LogP) is 3.47. The van der Waals surface area contributed by atoms with Crippen molar-refractivity contribution in [3.63, 3.8) is 0 Å². The fraction of sp³-hybridized carbons (Fsp3) is 0.235. The second kappa shape index (κ2) is 7.36. The molecule has 0 aliphatic rings. The van der Waals surface area contributed by atoms with Crippen LogP contribution < -0.4 is 18.9 Å². The lowest BCUT2D eigenvalue weighted by molar-refractivity contribution is 0.349. The maximum atomic E-state index is 5.37. The van der Waals surface area contributed by atoms with Crippen LogP contribution in [0.5, 0.6) is 23.0 Å². The summed E-state index contributed by atoms with van der Waals surface area (Å²) in [5.74, 6) is 2.69. The molecule has 0 aliphatic carbocycles. The first kappa shape index (κ1) is 15.7. The number of ether oxygens (including phenoxy) is 4. The fourth-order valence-electron chi connectivity index (χ4n) is 1.97. The molecule has 2 aromatic rings. The van der Waals surface area contributed by atoms with E-state index in [0.29, 0.717) is 17.2 Å². The first-order valence-electron chi connectivity index (χ1n) is 6.70. The maximum Gasteiger partial charge on any atom is 0.164 e. The summed E-state index contributed by atoms with van der Waals surface area (Å²) in [5, 5.41) is 0. The topological polar surface area (TPSA) is 49.3 Å². The molecule has 2 aromatic carbocycles. The van der Waals surface area contributed by atoms with Gasteiger partial charge in [-0.3, -0.25) is 4.99 Å². The summed E-state index contributed by atoms with van der Waals surface area (Å²) in [4.78, 5) is 4.43. The molecule has 0 spiro atoms. The molecule has 0 N–H and O–H groups in total. The van der Waals surface area contributed by atoms with E-state index >= 15 is 0 Å². The Morgan fingerprint density at radius 3 is 1.86 bits per heavy atom. The van der Waals surface area contributed by atoms with E-state index in [-0.39, 0.29) is 0 Å². The van der Waals surface area contributed by atoms with Gasteiger partial charge in [0.15, 0.2) is 11.5 Å². The van der Waals surface area contributed by atoms with Crippen LogP contribution in [0.1, 0.15) is 5.56 Å². The van der Waals surface area contributed by atoms with Crippen LogP contribution in [-0.2, 0) is 0 Å². The number of hydrogen-bond acceptors (Lipinski definition) is 5. The van der Waals surface area contributed by atoms with E-state index in [9.17, 15) is 0 Å². The molecule has 0 bridgehead atoms. The molecule has 0 unspecified atom stereocenters. The monoisotopic (exact) mass is 301 g/mol. The van der Waals surface area contributed by atoms with Gasteiger partial charge in [0.05, 0.1) is 34.1 Å². The zero-order chi connectivity index (χ0) is 15.9. The Bertz CT molecular complexity index is 650. The third-order valence-corrected chi connectivity index (χ3v) is 3.16. The molecular weight excluding hydrogens is 282 g/mol. The van der Waals surface area contributed by atoms with Crippen LogP contribution in [0.15, 0.2) is 41.4 Å². The van der Waals surface area contributed by atoms with Crippen LogP contribution in [0.2, 0.25) is 0 Å². The molecule has 22 heavy (non-hydrogen) atoms. The van der Waals surface area contributed by atoms with Crippen LogP contribution in [0.25, 0.3) is 0 Å². The van der Waals surface area contributed by atoms with Crippen molar-refractivity contribution in [2.75, 3.05) is 28.4 Å². The van der Waals surface area contributed by atoms with Crippen LogP contribution in [0.3, 0.4) is 0 Å². The molecule has 0 saturated heterocycles. The Hall–Kier alpha value is -2.69. The minimum Gasteiger partial charge on any atom is -0.497 e. The van der Waals surface area contributed by atoms with Crippen LogP contribution >= 0.6 is 0 Å². The second-order valence-electron chi connectivity index (χ2n) is 4.41. The Morgan fingerprint density at radius 2 is 1.32 bits per heavy atom. The molecule has 0 aromatic heterocycles. The summed E-state index contributed by atoms with van der Waals surface area (Å²) < 4.78 is 21.0. The molecule has 0 aliphatic heterocycles. The summed E-state index contributed by atoms with van der Waals surface area (Å²) in [6.45, 7) is 0. The van der Waals surface area contributed by atoms with Gasteiger partial charge in [-0.15, -0.1) is 0 Å². The van der Waals surface area contributed by atoms with E-state index < -0.39 is 0 Å². The fourth-order valence-corrected chi connectivity index (χ4v) is 1.97. The van der Waals surface area contributed by atoms with E-state index in [1.807, 2.05) is 30.3 Å². The molecule has 0 heterocycles. The number of aliphatic imine (C=N–C) groups is 1. The van der Waals surface area contributed by atoms with Crippen molar-refractivity contribution in [2.45, 2.75) is 0 Å². The van der Waals surface area contributed by atoms with Crippen molar-refractivity contribution in [1.82, 2.24) is 0 Å². The Labute approximate surface area is 130 Å². The minimum absolute atomic E-state index is 0.612. The van der Waals surface area contributed by atoms with Gasteiger partial charge in [0.1, 0.15) is 11.5 Å². The van der Waals surface area contributed by atoms with E-state index in [4.69, 9.17) is 18.9 Å². The van der Waals surface area contributed by atoms with Crippen LogP contribution in [0, 0.1) is 0 Å². The van der Waals surface area contributed by atoms with E-state index in [1.54, 1.807) is 40.7 Å². The average Bonchev–Trinajstić information content (AvgIpc) is 2.59. The van der Waals surface area contributed by atoms with Gasteiger partial charge in [-0.1, -0.05) is 0 Å². The molecule has 0 atom stereocenters. The quantitative estimate of drug-likeness (QED) is 0.767. The highest BCUT2D eigenvalue weighted by Crippen LogP contribution is 2.34. The number of rotatable bonds is 6. The Kier molecular flexibility index (Phi) is 5.25. The van der Waals surface area contributed by atoms with Crippen molar-refractivity contribution in [3.8, 4) is 23.0 Å². The third-order valence-electron chi connectivity index (χ3n) is 3.16. The number of nitrogens with zero attached hydrogens (tertiary/aromatic N) is 1. The van der Waals surface area contributed by atoms with Gasteiger partial charge in [0.2, 0.25) is 0 Å². The van der Waals surface area contributed by atoms with Gasteiger partial charge < -0.3 is 18.9 Å². The summed E-state index contributed by atoms with van der Waals surface area (Å²) >= 11 is 0. The Balaban J connectivity index is 2.32. The average molecular weight is 301 g/mol. The van der Waals surface area contributed by atoms with E-state index in [1.165, 1.54) is 0 Å². The molecule has 5 heteroatoms. The molecule has 0 radical (unpaired) electrons. The number of hydrogen-bond donors (Lipinski definition) is 0. The highest BCUT2D eigenvalue weighted by Gasteiger charge is 2.10. The summed E-state index contributed by atoms with van der Waals surface area (Å²) in [6.07, 6.45) is 1.72. The molecule has 116 valence electrons. The molecule has 0 saturated carbocycles. The normalized spacial score (nSPS) is 10.5. The van der Waals surface area contributed by atoms with Gasteiger partial charge in [0, 0.05) is 17.8 Å². The van der Waals surface area contributed by atoms with Gasteiger partial charge in [-0.05, 0) is 30.3 Å². The van der Waals surface area contributed by atoms with Crippen molar-refractivity contribution >= 4 is 11.9 Å². The van der Waals surface area contributed by atoms with Crippen LogP contribution in [-0.4, -0.2) is 34.7 Å². The van der Waals surface area contributed by atoms with Crippen molar-refractivity contribution < 1.29 is 18.9 Å². The second-order valence-corrected chi connectivity index (χ2v) is 4.41. The van der Waals surface area contributed by atoms with Crippen molar-refractivity contribution in [1.29, 1.82) is 0 Å². The molecular formula is C17H19NO4. The van der Waals surface area contributed by atoms with Gasteiger partial charge in [-0.2, -0.15) is 0 Å². The molecule has 2 rings (SSSR count). The van der Waals surface area contributed by atoms with Gasteiger partial charge in [0.25, 0.3) is 0 Å². The maximum absolute atomic E-state index is 5.37. The minimum atomic E-state index is 0.612. The lowest BCUT2D eigenvalue weighted by atomic mass is 10.2. The van der Waals surface area contributed by atoms with E-state index in [0.717, 1.165) is 17.0 Å². The lowest BCUT2D eigenvalue weighted by Gasteiger charge is -2.11. The summed E-state index contributed by atoms with van der Waals surface area (Å²) in [6, 6.07) is 11.1. The van der Waals surface area contributed by atoms with Gasteiger partial charge in [-0.25, -0.2) is 0 Å². The predicted molar refractivity (Wildman–Crippen MR) is 86.3 cm³/mol. The van der Waals surface area contributed by atoms with Crippen LogP contribution in [0.4, 0.5) is 5.69 Å². The highest BCUT2D eigenvalue weighted by atomic mass is 16.5. The molecule has 0 amide bonds. The largest absolute Gasteiger partial charge is 0.497 e. The zero-order valence-corrected chi connectivity index (χ0v) is 13.1. The molecule has 0 fully saturated rings. The van der Waals surface area contributed by atoms with Gasteiger partial charge >= 0.3 is 0 Å². The smallest absolute Gasteiger partial charge is 0.164 e. The lowest BCUT2D eigenvalue weighted by Crippen LogP contribution is -1.96. The zero-order valence-electron chi connectivity index (χ0n) is 13.1. The van der Waals surface area contributed by atoms with E-state index in [2.05, 4.69) is 4.99 Å². The SMILES string of the molecule is COc1ccc(N=Cc2cc(OC)c(OC)cc2OC)cc1.